The average Bonchev–Trinajstić information content (AvgIpc) is 2.96. The Morgan fingerprint density at radius 2 is 2.03 bits per heavy atom. The SMILES string of the molecule is C=CCN1C(=O)/C(=C\c2ccc(OC(=O)c3cccc(C)c3)c(OC)c2)SC1=S. The zero-order valence-electron chi connectivity index (χ0n) is 16.0. The largest absolute Gasteiger partial charge is 0.493 e. The maximum Gasteiger partial charge on any atom is 0.343 e. The second-order valence-corrected chi connectivity index (χ2v) is 7.93. The number of carbonyl (C=O) groups is 2. The monoisotopic (exact) mass is 425 g/mol. The molecule has 1 aliphatic heterocycles. The molecule has 0 atom stereocenters. The van der Waals surface area contributed by atoms with Crippen molar-refractivity contribution in [1.82, 2.24) is 4.90 Å². The Kier molecular flexibility index (Phi) is 6.51. The van der Waals surface area contributed by atoms with Gasteiger partial charge < -0.3 is 9.47 Å². The van der Waals surface area contributed by atoms with Gasteiger partial charge in [0.2, 0.25) is 0 Å². The van der Waals surface area contributed by atoms with Gasteiger partial charge in [0.25, 0.3) is 5.91 Å². The molecule has 1 saturated heterocycles. The first-order chi connectivity index (χ1) is 13.9. The van der Waals surface area contributed by atoms with Crippen LogP contribution in [0.3, 0.4) is 0 Å². The van der Waals surface area contributed by atoms with Crippen molar-refractivity contribution < 1.29 is 19.1 Å². The summed E-state index contributed by atoms with van der Waals surface area (Å²) in [5, 5.41) is 0. The Hall–Kier alpha value is -2.90. The van der Waals surface area contributed by atoms with Crippen LogP contribution in [-0.2, 0) is 4.79 Å². The highest BCUT2D eigenvalue weighted by Crippen LogP contribution is 2.35. The van der Waals surface area contributed by atoms with E-state index in [1.54, 1.807) is 48.6 Å². The van der Waals surface area contributed by atoms with Gasteiger partial charge in [-0.05, 0) is 42.8 Å². The number of benzene rings is 2. The third-order valence-electron chi connectivity index (χ3n) is 4.13. The number of rotatable bonds is 6. The zero-order chi connectivity index (χ0) is 21.0. The summed E-state index contributed by atoms with van der Waals surface area (Å²) in [6.45, 7) is 5.93. The van der Waals surface area contributed by atoms with Gasteiger partial charge in [-0.15, -0.1) is 6.58 Å². The van der Waals surface area contributed by atoms with Crippen LogP contribution in [0.2, 0.25) is 0 Å². The van der Waals surface area contributed by atoms with Gasteiger partial charge in [-0.2, -0.15) is 0 Å². The minimum absolute atomic E-state index is 0.159. The molecule has 5 nitrogen and oxygen atoms in total. The van der Waals surface area contributed by atoms with E-state index in [4.69, 9.17) is 21.7 Å². The molecule has 7 heteroatoms. The third kappa shape index (κ3) is 4.75. The summed E-state index contributed by atoms with van der Waals surface area (Å²) in [4.78, 5) is 26.9. The quantitative estimate of drug-likeness (QED) is 0.221. The summed E-state index contributed by atoms with van der Waals surface area (Å²) in [5.41, 5.74) is 2.16. The van der Waals surface area contributed by atoms with Gasteiger partial charge in [-0.25, -0.2) is 4.79 Å². The molecule has 0 radical (unpaired) electrons. The molecule has 1 amide bonds. The molecule has 1 aliphatic rings. The molecule has 1 fully saturated rings. The van der Waals surface area contributed by atoms with Crippen molar-refractivity contribution in [3.05, 3.63) is 76.7 Å². The van der Waals surface area contributed by atoms with E-state index in [0.29, 0.717) is 32.8 Å². The lowest BCUT2D eigenvalue weighted by atomic mass is 10.1. The van der Waals surface area contributed by atoms with Crippen LogP contribution in [0.5, 0.6) is 11.5 Å². The fraction of sp³-hybridized carbons (Fsp3) is 0.136. The normalized spacial score (nSPS) is 15.0. The van der Waals surface area contributed by atoms with Crippen molar-refractivity contribution in [2.24, 2.45) is 0 Å². The van der Waals surface area contributed by atoms with E-state index < -0.39 is 5.97 Å². The van der Waals surface area contributed by atoms with Gasteiger partial charge in [0.1, 0.15) is 4.32 Å². The number of amides is 1. The van der Waals surface area contributed by atoms with Gasteiger partial charge in [-0.3, -0.25) is 9.69 Å². The summed E-state index contributed by atoms with van der Waals surface area (Å²) < 4.78 is 11.4. The standard InChI is InChI=1S/C22H19NO4S2/c1-4-10-23-20(24)19(29-22(23)28)13-15-8-9-17(18(12-15)26-3)27-21(25)16-7-5-6-14(2)11-16/h4-9,11-13H,1,10H2,2-3H3/b19-13+. The first-order valence-corrected chi connectivity index (χ1v) is 9.98. The van der Waals surface area contributed by atoms with E-state index in [1.165, 1.54) is 23.8 Å². The molecule has 1 heterocycles. The number of hydrogen-bond acceptors (Lipinski definition) is 6. The molecular formula is C22H19NO4S2. The molecule has 0 aromatic heterocycles. The second kappa shape index (κ2) is 9.07. The summed E-state index contributed by atoms with van der Waals surface area (Å²) in [7, 11) is 1.49. The third-order valence-corrected chi connectivity index (χ3v) is 5.50. The van der Waals surface area contributed by atoms with Gasteiger partial charge in [-0.1, -0.05) is 53.8 Å². The second-order valence-electron chi connectivity index (χ2n) is 6.25. The van der Waals surface area contributed by atoms with E-state index in [-0.39, 0.29) is 5.91 Å². The predicted molar refractivity (Wildman–Crippen MR) is 119 cm³/mol. The summed E-state index contributed by atoms with van der Waals surface area (Å²) in [6, 6.07) is 12.3. The Labute approximate surface area is 179 Å². The lowest BCUT2D eigenvalue weighted by Crippen LogP contribution is -2.27. The minimum Gasteiger partial charge on any atom is -0.493 e. The first-order valence-electron chi connectivity index (χ1n) is 8.76. The van der Waals surface area contributed by atoms with E-state index >= 15 is 0 Å². The molecule has 0 N–H and O–H groups in total. The van der Waals surface area contributed by atoms with E-state index in [9.17, 15) is 9.59 Å². The van der Waals surface area contributed by atoms with Crippen molar-refractivity contribution in [3.63, 3.8) is 0 Å². The van der Waals surface area contributed by atoms with E-state index in [1.807, 2.05) is 13.0 Å². The van der Waals surface area contributed by atoms with Gasteiger partial charge in [0, 0.05) is 6.54 Å². The van der Waals surface area contributed by atoms with Crippen LogP contribution in [0, 0.1) is 6.92 Å². The molecule has 2 aromatic carbocycles. The van der Waals surface area contributed by atoms with Crippen molar-refractivity contribution in [3.8, 4) is 11.5 Å². The van der Waals surface area contributed by atoms with Crippen molar-refractivity contribution >= 4 is 46.3 Å². The Balaban J connectivity index is 1.82. The fourth-order valence-electron chi connectivity index (χ4n) is 2.73. The molecule has 0 unspecified atom stereocenters. The number of aryl methyl sites for hydroxylation is 1. The fourth-order valence-corrected chi connectivity index (χ4v) is 4.00. The molecule has 2 aromatic rings. The van der Waals surface area contributed by atoms with Gasteiger partial charge in [0.15, 0.2) is 11.5 Å². The average molecular weight is 426 g/mol. The summed E-state index contributed by atoms with van der Waals surface area (Å²) in [5.74, 6) is 0.0653. The number of nitrogens with zero attached hydrogens (tertiary/aromatic N) is 1. The number of thiocarbonyl (C=S) groups is 1. The molecule has 0 spiro atoms. The van der Waals surface area contributed by atoms with Gasteiger partial charge in [0.05, 0.1) is 17.6 Å². The smallest absolute Gasteiger partial charge is 0.343 e. The van der Waals surface area contributed by atoms with E-state index in [2.05, 4.69) is 6.58 Å². The number of hydrogen-bond donors (Lipinski definition) is 0. The highest BCUT2D eigenvalue weighted by atomic mass is 32.2. The number of ether oxygens (including phenoxy) is 2. The molecule has 148 valence electrons. The number of thioether (sulfide) groups is 1. The van der Waals surface area contributed by atoms with Crippen LogP contribution < -0.4 is 9.47 Å². The first kappa shape index (κ1) is 20.8. The van der Waals surface area contributed by atoms with Crippen LogP contribution in [0.1, 0.15) is 21.5 Å². The van der Waals surface area contributed by atoms with Crippen LogP contribution >= 0.6 is 24.0 Å². The predicted octanol–water partition coefficient (Wildman–Crippen LogP) is 4.61. The van der Waals surface area contributed by atoms with Crippen molar-refractivity contribution in [2.45, 2.75) is 6.92 Å². The molecule has 0 bridgehead atoms. The van der Waals surface area contributed by atoms with Crippen molar-refractivity contribution in [1.29, 1.82) is 0 Å². The maximum atomic E-state index is 12.5. The zero-order valence-corrected chi connectivity index (χ0v) is 17.6. The highest BCUT2D eigenvalue weighted by Gasteiger charge is 2.31. The van der Waals surface area contributed by atoms with Crippen LogP contribution in [-0.4, -0.2) is 34.8 Å². The van der Waals surface area contributed by atoms with Crippen LogP contribution in [0.4, 0.5) is 0 Å². The Morgan fingerprint density at radius 3 is 2.72 bits per heavy atom. The lowest BCUT2D eigenvalue weighted by molar-refractivity contribution is -0.121. The number of methoxy groups -OCH3 is 1. The molecular weight excluding hydrogens is 406 g/mol. The lowest BCUT2D eigenvalue weighted by Gasteiger charge is -2.11. The molecule has 29 heavy (non-hydrogen) atoms. The Morgan fingerprint density at radius 1 is 1.24 bits per heavy atom. The summed E-state index contributed by atoms with van der Waals surface area (Å²) in [6.07, 6.45) is 3.37. The van der Waals surface area contributed by atoms with Crippen LogP contribution in [0.25, 0.3) is 6.08 Å². The topological polar surface area (TPSA) is 55.8 Å². The summed E-state index contributed by atoms with van der Waals surface area (Å²) >= 11 is 6.48. The number of esters is 1. The molecule has 0 saturated carbocycles. The Bertz CT molecular complexity index is 1030. The molecule has 3 rings (SSSR count). The maximum absolute atomic E-state index is 12.5. The van der Waals surface area contributed by atoms with Gasteiger partial charge >= 0.3 is 5.97 Å². The van der Waals surface area contributed by atoms with E-state index in [0.717, 1.165) is 11.1 Å². The number of carbonyl (C=O) groups excluding carboxylic acids is 2. The molecule has 0 aliphatic carbocycles. The highest BCUT2D eigenvalue weighted by molar-refractivity contribution is 8.26. The van der Waals surface area contributed by atoms with Crippen LogP contribution in [0.15, 0.2) is 60.0 Å². The van der Waals surface area contributed by atoms with Crippen molar-refractivity contribution in [2.75, 3.05) is 13.7 Å². The minimum atomic E-state index is -0.468.